The van der Waals surface area contributed by atoms with E-state index in [0.717, 1.165) is 0 Å². The fraction of sp³-hybridized carbons (Fsp3) is 0.364. The Bertz CT molecular complexity index is 421. The maximum Gasteiger partial charge on any atom is 0.392 e. The third-order valence-corrected chi connectivity index (χ3v) is 1.70. The Morgan fingerprint density at radius 3 is 2.76 bits per heavy atom. The molecule has 17 heavy (non-hydrogen) atoms. The fourth-order valence-corrected chi connectivity index (χ4v) is 1.00. The third-order valence-electron chi connectivity index (χ3n) is 1.70. The molecule has 1 aromatic rings. The molecule has 1 aromatic heterocycles. The van der Waals surface area contributed by atoms with Gasteiger partial charge in [0.15, 0.2) is 0 Å². The highest BCUT2D eigenvalue weighted by Crippen LogP contribution is 2.20. The number of ether oxygens (including phenoxy) is 1. The summed E-state index contributed by atoms with van der Waals surface area (Å²) in [5, 5.41) is 0. The first-order chi connectivity index (χ1) is 8.01. The zero-order valence-electron chi connectivity index (χ0n) is 8.92. The molecule has 1 heterocycles. The van der Waals surface area contributed by atoms with Crippen LogP contribution >= 0.6 is 0 Å². The standard InChI is InChI=1S/C11H11F3N2O/c12-11(13,14)3-5-17-10-6-9(2-1-4-15)7-16-8-10/h6-8H,3-5,15H2. The average molecular weight is 244 g/mol. The van der Waals surface area contributed by atoms with E-state index in [1.165, 1.54) is 18.5 Å². The van der Waals surface area contributed by atoms with Crippen molar-refractivity contribution in [2.45, 2.75) is 12.6 Å². The van der Waals surface area contributed by atoms with Gasteiger partial charge in [0.05, 0.1) is 25.8 Å². The Balaban J connectivity index is 2.54. The van der Waals surface area contributed by atoms with Gasteiger partial charge in [0.2, 0.25) is 0 Å². The number of aromatic nitrogens is 1. The Hall–Kier alpha value is -1.74. The van der Waals surface area contributed by atoms with Crippen LogP contribution in [-0.2, 0) is 0 Å². The van der Waals surface area contributed by atoms with Crippen LogP contribution < -0.4 is 10.5 Å². The highest BCUT2D eigenvalue weighted by Gasteiger charge is 2.26. The van der Waals surface area contributed by atoms with Crippen LogP contribution in [0.1, 0.15) is 12.0 Å². The van der Waals surface area contributed by atoms with E-state index >= 15 is 0 Å². The van der Waals surface area contributed by atoms with E-state index in [1.54, 1.807) is 0 Å². The number of hydrogen-bond acceptors (Lipinski definition) is 3. The van der Waals surface area contributed by atoms with E-state index in [9.17, 15) is 13.2 Å². The van der Waals surface area contributed by atoms with Gasteiger partial charge in [-0.1, -0.05) is 11.8 Å². The molecule has 92 valence electrons. The minimum absolute atomic E-state index is 0.207. The SMILES string of the molecule is NCC#Cc1cncc(OCCC(F)(F)F)c1. The predicted molar refractivity (Wildman–Crippen MR) is 56.3 cm³/mol. The van der Waals surface area contributed by atoms with Gasteiger partial charge in [0, 0.05) is 11.8 Å². The van der Waals surface area contributed by atoms with E-state index in [4.69, 9.17) is 10.5 Å². The molecule has 0 fully saturated rings. The van der Waals surface area contributed by atoms with Crippen LogP contribution in [0.15, 0.2) is 18.5 Å². The third kappa shape index (κ3) is 5.78. The maximum atomic E-state index is 11.9. The normalized spacial score (nSPS) is 10.6. The molecule has 0 bridgehead atoms. The van der Waals surface area contributed by atoms with Gasteiger partial charge in [-0.2, -0.15) is 13.2 Å². The van der Waals surface area contributed by atoms with Crippen molar-refractivity contribution < 1.29 is 17.9 Å². The zero-order valence-corrected chi connectivity index (χ0v) is 8.92. The summed E-state index contributed by atoms with van der Waals surface area (Å²) >= 11 is 0. The Morgan fingerprint density at radius 2 is 2.12 bits per heavy atom. The number of hydrogen-bond donors (Lipinski definition) is 1. The van der Waals surface area contributed by atoms with E-state index in [2.05, 4.69) is 16.8 Å². The molecule has 0 aliphatic heterocycles. The number of nitrogens with two attached hydrogens (primary N) is 1. The zero-order chi connectivity index (χ0) is 12.7. The van der Waals surface area contributed by atoms with Crippen LogP contribution in [0.5, 0.6) is 5.75 Å². The summed E-state index contributed by atoms with van der Waals surface area (Å²) in [5.74, 6) is 5.59. The van der Waals surface area contributed by atoms with E-state index in [0.29, 0.717) is 5.56 Å². The molecule has 0 atom stereocenters. The highest BCUT2D eigenvalue weighted by atomic mass is 19.4. The first kappa shape index (κ1) is 13.3. The molecule has 1 rings (SSSR count). The summed E-state index contributed by atoms with van der Waals surface area (Å²) in [6, 6.07) is 1.52. The maximum absolute atomic E-state index is 11.9. The number of halogens is 3. The molecular weight excluding hydrogens is 233 g/mol. The lowest BCUT2D eigenvalue weighted by molar-refractivity contribution is -0.139. The summed E-state index contributed by atoms with van der Waals surface area (Å²) in [7, 11) is 0. The summed E-state index contributed by atoms with van der Waals surface area (Å²) in [5.41, 5.74) is 5.75. The van der Waals surface area contributed by atoms with Gasteiger partial charge in [-0.05, 0) is 6.07 Å². The number of alkyl halides is 3. The lowest BCUT2D eigenvalue weighted by Gasteiger charge is -2.08. The van der Waals surface area contributed by atoms with E-state index < -0.39 is 19.2 Å². The molecule has 3 nitrogen and oxygen atoms in total. The van der Waals surface area contributed by atoms with Crippen LogP contribution in [0.25, 0.3) is 0 Å². The van der Waals surface area contributed by atoms with Crippen molar-refractivity contribution in [2.75, 3.05) is 13.2 Å². The first-order valence-electron chi connectivity index (χ1n) is 4.85. The highest BCUT2D eigenvalue weighted by molar-refractivity contribution is 5.36. The van der Waals surface area contributed by atoms with Crippen LogP contribution in [0.4, 0.5) is 13.2 Å². The minimum atomic E-state index is -4.22. The number of nitrogens with zero attached hydrogens (tertiary/aromatic N) is 1. The lowest BCUT2D eigenvalue weighted by atomic mass is 10.3. The average Bonchev–Trinajstić information content (AvgIpc) is 2.25. The second-order valence-electron chi connectivity index (χ2n) is 3.13. The van der Waals surface area contributed by atoms with Crippen molar-refractivity contribution in [3.8, 4) is 17.6 Å². The van der Waals surface area contributed by atoms with Gasteiger partial charge in [-0.15, -0.1) is 0 Å². The molecule has 0 aromatic carbocycles. The second kappa shape index (κ2) is 6.11. The molecule has 0 aliphatic carbocycles. The largest absolute Gasteiger partial charge is 0.492 e. The summed E-state index contributed by atoms with van der Waals surface area (Å²) in [4.78, 5) is 3.80. The summed E-state index contributed by atoms with van der Waals surface area (Å²) in [6.45, 7) is -0.224. The van der Waals surface area contributed by atoms with Crippen molar-refractivity contribution >= 4 is 0 Å². The van der Waals surface area contributed by atoms with Crippen LogP contribution in [0.2, 0.25) is 0 Å². The van der Waals surface area contributed by atoms with E-state index in [-0.39, 0.29) is 12.3 Å². The molecule has 0 saturated carbocycles. The Morgan fingerprint density at radius 1 is 1.35 bits per heavy atom. The van der Waals surface area contributed by atoms with Crippen LogP contribution in [0.3, 0.4) is 0 Å². The Kier molecular flexibility index (Phi) is 4.79. The monoisotopic (exact) mass is 244 g/mol. The molecule has 0 amide bonds. The second-order valence-corrected chi connectivity index (χ2v) is 3.13. The van der Waals surface area contributed by atoms with Gasteiger partial charge >= 0.3 is 6.18 Å². The molecule has 0 saturated heterocycles. The molecular formula is C11H11F3N2O. The topological polar surface area (TPSA) is 48.1 Å². The first-order valence-corrected chi connectivity index (χ1v) is 4.85. The molecule has 2 N–H and O–H groups in total. The quantitative estimate of drug-likeness (QED) is 0.823. The molecule has 0 spiro atoms. The minimum Gasteiger partial charge on any atom is -0.492 e. The molecule has 0 unspecified atom stereocenters. The lowest BCUT2D eigenvalue weighted by Crippen LogP contribution is -2.13. The van der Waals surface area contributed by atoms with Crippen molar-refractivity contribution in [2.24, 2.45) is 5.73 Å². The van der Waals surface area contributed by atoms with Gasteiger partial charge in [-0.25, -0.2) is 0 Å². The van der Waals surface area contributed by atoms with Gasteiger partial charge in [0.25, 0.3) is 0 Å². The van der Waals surface area contributed by atoms with Gasteiger partial charge in [-0.3, -0.25) is 4.98 Å². The van der Waals surface area contributed by atoms with E-state index in [1.807, 2.05) is 0 Å². The van der Waals surface area contributed by atoms with Crippen molar-refractivity contribution in [1.82, 2.24) is 4.98 Å². The Labute approximate surface area is 96.8 Å². The molecule has 0 aliphatic rings. The smallest absolute Gasteiger partial charge is 0.392 e. The van der Waals surface area contributed by atoms with Crippen molar-refractivity contribution in [1.29, 1.82) is 0 Å². The van der Waals surface area contributed by atoms with Crippen LogP contribution in [0, 0.1) is 11.8 Å². The predicted octanol–water partition coefficient (Wildman–Crippen LogP) is 1.72. The van der Waals surface area contributed by atoms with Gasteiger partial charge in [0.1, 0.15) is 5.75 Å². The number of rotatable bonds is 3. The number of pyridine rings is 1. The van der Waals surface area contributed by atoms with Crippen molar-refractivity contribution in [3.63, 3.8) is 0 Å². The molecule has 0 radical (unpaired) electrons. The van der Waals surface area contributed by atoms with Gasteiger partial charge < -0.3 is 10.5 Å². The van der Waals surface area contributed by atoms with Crippen LogP contribution in [-0.4, -0.2) is 24.3 Å². The summed E-state index contributed by atoms with van der Waals surface area (Å²) in [6.07, 6.45) is -2.39. The molecule has 6 heteroatoms. The summed E-state index contributed by atoms with van der Waals surface area (Å²) < 4.78 is 40.5. The van der Waals surface area contributed by atoms with Crippen molar-refractivity contribution in [3.05, 3.63) is 24.0 Å². The fourth-order valence-electron chi connectivity index (χ4n) is 1.00.